The molecule has 0 bridgehead atoms. The lowest BCUT2D eigenvalue weighted by Gasteiger charge is -2.32. The van der Waals surface area contributed by atoms with E-state index < -0.39 is 0 Å². The highest BCUT2D eigenvalue weighted by molar-refractivity contribution is 6.63. The first-order valence-corrected chi connectivity index (χ1v) is 12.9. The number of rotatable bonds is 2. The van der Waals surface area contributed by atoms with Gasteiger partial charge in [0.05, 0.1) is 22.4 Å². The summed E-state index contributed by atoms with van der Waals surface area (Å²) < 4.78 is 25.2. The lowest BCUT2D eigenvalue weighted by molar-refractivity contribution is 0.00578. The topological polar surface area (TPSA) is 36.9 Å². The molecule has 6 rings (SSSR count). The van der Waals surface area contributed by atoms with E-state index in [0.717, 1.165) is 10.9 Å². The molecule has 0 N–H and O–H groups in total. The van der Waals surface area contributed by atoms with Crippen molar-refractivity contribution in [2.24, 2.45) is 0 Å². The highest BCUT2D eigenvalue weighted by atomic mass is 16.7. The van der Waals surface area contributed by atoms with Gasteiger partial charge < -0.3 is 18.6 Å². The van der Waals surface area contributed by atoms with Crippen LogP contribution in [0.4, 0.5) is 0 Å². The fraction of sp³-hybridized carbons (Fsp3) is 0.400. The van der Waals surface area contributed by atoms with Crippen molar-refractivity contribution >= 4 is 57.5 Å². The van der Waals surface area contributed by atoms with Crippen molar-refractivity contribution in [3.05, 3.63) is 60.7 Å². The molecule has 0 aliphatic carbocycles. The van der Waals surface area contributed by atoms with Crippen molar-refractivity contribution in [3.63, 3.8) is 0 Å². The molecule has 2 aliphatic rings. The third kappa shape index (κ3) is 3.53. The van der Waals surface area contributed by atoms with E-state index in [2.05, 4.69) is 116 Å². The maximum absolute atomic E-state index is 6.30. The van der Waals surface area contributed by atoms with Crippen molar-refractivity contribution in [1.82, 2.24) is 0 Å². The van der Waals surface area contributed by atoms with Crippen LogP contribution in [0.15, 0.2) is 60.7 Å². The van der Waals surface area contributed by atoms with Gasteiger partial charge in [0.25, 0.3) is 0 Å². The largest absolute Gasteiger partial charge is 0.494 e. The molecule has 6 heteroatoms. The summed E-state index contributed by atoms with van der Waals surface area (Å²) in [5.74, 6) is 0. The van der Waals surface area contributed by atoms with Gasteiger partial charge >= 0.3 is 14.2 Å². The van der Waals surface area contributed by atoms with Crippen LogP contribution in [0.25, 0.3) is 32.3 Å². The fourth-order valence-corrected chi connectivity index (χ4v) is 5.18. The molecule has 0 radical (unpaired) electrons. The minimum absolute atomic E-state index is 0.360. The number of fused-ring (bicyclic) bond motifs is 5. The van der Waals surface area contributed by atoms with Crippen LogP contribution >= 0.6 is 0 Å². The van der Waals surface area contributed by atoms with Crippen LogP contribution in [0.5, 0.6) is 0 Å². The fourth-order valence-electron chi connectivity index (χ4n) is 5.18. The predicted octanol–water partition coefficient (Wildman–Crippen LogP) is 5.74. The minimum atomic E-state index is -0.370. The van der Waals surface area contributed by atoms with E-state index in [1.54, 1.807) is 0 Å². The van der Waals surface area contributed by atoms with Crippen molar-refractivity contribution < 1.29 is 18.6 Å². The highest BCUT2D eigenvalue weighted by Gasteiger charge is 2.52. The smallest absolute Gasteiger partial charge is 0.399 e. The molecular weight excluding hydrogens is 446 g/mol. The second kappa shape index (κ2) is 7.58. The second-order valence-corrected chi connectivity index (χ2v) is 12.4. The van der Waals surface area contributed by atoms with Gasteiger partial charge in [-0.2, -0.15) is 0 Å². The van der Waals surface area contributed by atoms with Gasteiger partial charge in [-0.1, -0.05) is 60.7 Å². The Labute approximate surface area is 214 Å². The molecular formula is C30H34B2O4. The molecule has 4 nitrogen and oxygen atoms in total. The Morgan fingerprint density at radius 1 is 0.444 bits per heavy atom. The predicted molar refractivity (Wildman–Crippen MR) is 150 cm³/mol. The van der Waals surface area contributed by atoms with Crippen molar-refractivity contribution in [1.29, 1.82) is 0 Å². The van der Waals surface area contributed by atoms with Crippen LogP contribution in [-0.4, -0.2) is 36.6 Å². The Kier molecular flexibility index (Phi) is 5.05. The maximum Gasteiger partial charge on any atom is 0.494 e. The molecule has 2 fully saturated rings. The summed E-state index contributed by atoms with van der Waals surface area (Å²) in [5, 5.41) is 7.28. The Hall–Kier alpha value is -2.37. The summed E-state index contributed by atoms with van der Waals surface area (Å²) in [6.45, 7) is 16.7. The molecule has 184 valence electrons. The molecule has 2 saturated heterocycles. The second-order valence-electron chi connectivity index (χ2n) is 12.4. The van der Waals surface area contributed by atoms with E-state index in [9.17, 15) is 0 Å². The quantitative estimate of drug-likeness (QED) is 0.271. The van der Waals surface area contributed by atoms with Crippen LogP contribution in [0.2, 0.25) is 0 Å². The first-order chi connectivity index (χ1) is 16.8. The molecule has 2 aliphatic heterocycles. The van der Waals surface area contributed by atoms with Gasteiger partial charge in [0.1, 0.15) is 0 Å². The molecule has 2 heterocycles. The Morgan fingerprint density at radius 3 is 1.14 bits per heavy atom. The normalized spacial score (nSPS) is 22.2. The van der Waals surface area contributed by atoms with Gasteiger partial charge in [0.15, 0.2) is 0 Å². The van der Waals surface area contributed by atoms with Crippen molar-refractivity contribution in [2.75, 3.05) is 0 Å². The summed E-state index contributed by atoms with van der Waals surface area (Å²) in [7, 11) is -0.741. The minimum Gasteiger partial charge on any atom is -0.399 e. The van der Waals surface area contributed by atoms with Crippen molar-refractivity contribution in [2.45, 2.75) is 77.8 Å². The maximum atomic E-state index is 6.30. The lowest BCUT2D eigenvalue weighted by atomic mass is 9.77. The Balaban J connectivity index is 1.43. The van der Waals surface area contributed by atoms with Crippen LogP contribution in [0.3, 0.4) is 0 Å². The van der Waals surface area contributed by atoms with Crippen LogP contribution in [0, 0.1) is 0 Å². The number of benzene rings is 4. The first-order valence-electron chi connectivity index (χ1n) is 12.9. The average molecular weight is 480 g/mol. The SMILES string of the molecule is CC1(C)OB(c2ccc3c(ccc4ccc5cc(B6OC(C)(C)C(C)(C)O6)ccc5c43)c2)OC1(C)C. The third-order valence-corrected chi connectivity index (χ3v) is 8.91. The van der Waals surface area contributed by atoms with E-state index in [1.807, 2.05) is 0 Å². The van der Waals surface area contributed by atoms with Crippen LogP contribution < -0.4 is 10.9 Å². The molecule has 0 spiro atoms. The zero-order valence-corrected chi connectivity index (χ0v) is 22.6. The van der Waals surface area contributed by atoms with E-state index in [4.69, 9.17) is 18.6 Å². The summed E-state index contributed by atoms with van der Waals surface area (Å²) in [4.78, 5) is 0. The van der Waals surface area contributed by atoms with Gasteiger partial charge in [-0.3, -0.25) is 0 Å². The molecule has 0 amide bonds. The first kappa shape index (κ1) is 24.0. The Morgan fingerprint density at radius 2 is 0.778 bits per heavy atom. The summed E-state index contributed by atoms with van der Waals surface area (Å²) >= 11 is 0. The third-order valence-electron chi connectivity index (χ3n) is 8.91. The van der Waals surface area contributed by atoms with E-state index in [1.165, 1.54) is 32.3 Å². The monoisotopic (exact) mass is 480 g/mol. The van der Waals surface area contributed by atoms with Crippen LogP contribution in [-0.2, 0) is 18.6 Å². The van der Waals surface area contributed by atoms with Crippen molar-refractivity contribution in [3.8, 4) is 0 Å². The highest BCUT2D eigenvalue weighted by Crippen LogP contribution is 2.39. The molecule has 0 saturated carbocycles. The zero-order chi connectivity index (χ0) is 25.7. The summed E-state index contributed by atoms with van der Waals surface area (Å²) in [5.41, 5.74) is 0.650. The van der Waals surface area contributed by atoms with E-state index in [-0.39, 0.29) is 36.6 Å². The molecule has 4 aromatic carbocycles. The molecule has 4 aromatic rings. The van der Waals surface area contributed by atoms with Gasteiger partial charge in [-0.05, 0) is 98.6 Å². The number of hydrogen-bond donors (Lipinski definition) is 0. The Bertz CT molecular complexity index is 1380. The van der Waals surface area contributed by atoms with E-state index in [0.29, 0.717) is 0 Å². The molecule has 0 aromatic heterocycles. The molecule has 36 heavy (non-hydrogen) atoms. The average Bonchev–Trinajstić information content (AvgIpc) is 3.17. The van der Waals surface area contributed by atoms with Gasteiger partial charge in [0, 0.05) is 0 Å². The van der Waals surface area contributed by atoms with Gasteiger partial charge in [0.2, 0.25) is 0 Å². The summed E-state index contributed by atoms with van der Waals surface area (Å²) in [6, 6.07) is 21.9. The number of hydrogen-bond acceptors (Lipinski definition) is 4. The molecule has 0 atom stereocenters. The van der Waals surface area contributed by atoms with Gasteiger partial charge in [-0.25, -0.2) is 0 Å². The summed E-state index contributed by atoms with van der Waals surface area (Å²) in [6.07, 6.45) is 0. The zero-order valence-electron chi connectivity index (χ0n) is 22.6. The molecule has 0 unspecified atom stereocenters. The van der Waals surface area contributed by atoms with Crippen LogP contribution in [0.1, 0.15) is 55.4 Å². The standard InChI is InChI=1S/C30H34B2O4/c1-27(2)28(3,4)34-31(33-27)22-13-15-24-20(17-22)11-9-19-10-12-21-18-23(14-16-25(21)26(19)24)32-35-29(5,6)30(7,8)36-32/h9-18H,1-8H3. The van der Waals surface area contributed by atoms with Gasteiger partial charge in [-0.15, -0.1) is 0 Å². The lowest BCUT2D eigenvalue weighted by Crippen LogP contribution is -2.41. The van der Waals surface area contributed by atoms with E-state index >= 15 is 0 Å².